The molecule has 0 saturated heterocycles. The summed E-state index contributed by atoms with van der Waals surface area (Å²) in [6, 6.07) is 5.87. The van der Waals surface area contributed by atoms with Gasteiger partial charge in [-0.3, -0.25) is 0 Å². The second-order valence-corrected chi connectivity index (χ2v) is 7.02. The van der Waals surface area contributed by atoms with Gasteiger partial charge in [0.25, 0.3) is 0 Å². The van der Waals surface area contributed by atoms with Gasteiger partial charge in [0.15, 0.2) is 0 Å². The summed E-state index contributed by atoms with van der Waals surface area (Å²) in [6.45, 7) is 10.2. The van der Waals surface area contributed by atoms with Crippen molar-refractivity contribution in [2.24, 2.45) is 4.99 Å². The molecule has 0 bridgehead atoms. The summed E-state index contributed by atoms with van der Waals surface area (Å²) in [6.07, 6.45) is -0.297. The summed E-state index contributed by atoms with van der Waals surface area (Å²) in [7, 11) is 0. The minimum atomic E-state index is -0.858. The van der Waals surface area contributed by atoms with Gasteiger partial charge in [0, 0.05) is 0 Å². The van der Waals surface area contributed by atoms with Crippen LogP contribution in [0.3, 0.4) is 0 Å². The highest BCUT2D eigenvalue weighted by atomic mass is 16.6. The molecule has 0 aliphatic heterocycles. The number of rotatable bonds is 2. The fraction of sp³-hybridized carbons (Fsp3) is 0.471. The lowest BCUT2D eigenvalue weighted by Crippen LogP contribution is -2.43. The lowest BCUT2D eigenvalue weighted by Gasteiger charge is -2.28. The maximum Gasteiger partial charge on any atom is 0.424 e. The van der Waals surface area contributed by atoms with Crippen molar-refractivity contribution in [1.82, 2.24) is 0 Å². The lowest BCUT2D eigenvalue weighted by molar-refractivity contribution is 0.0431. The van der Waals surface area contributed by atoms with Crippen molar-refractivity contribution < 1.29 is 23.9 Å². The van der Waals surface area contributed by atoms with E-state index >= 15 is 0 Å². The molecule has 1 aromatic rings. The van der Waals surface area contributed by atoms with Crippen molar-refractivity contribution in [2.75, 3.05) is 4.90 Å². The number of hydrogen-bond acceptors (Lipinski definition) is 6. The summed E-state index contributed by atoms with van der Waals surface area (Å²) in [5, 5.41) is 0. The van der Waals surface area contributed by atoms with E-state index in [1.165, 1.54) is 30.3 Å². The molecule has 0 spiro atoms. The molecule has 0 fully saturated rings. The highest BCUT2D eigenvalue weighted by Crippen LogP contribution is 2.24. The largest absolute Gasteiger partial charge is 0.443 e. The van der Waals surface area contributed by atoms with E-state index in [0.29, 0.717) is 5.69 Å². The number of anilines is 1. The second-order valence-electron chi connectivity index (χ2n) is 7.02. The van der Waals surface area contributed by atoms with Crippen molar-refractivity contribution in [3.8, 4) is 0 Å². The van der Waals surface area contributed by atoms with Crippen LogP contribution in [-0.4, -0.2) is 29.5 Å². The molecular weight excluding hydrogens is 312 g/mol. The van der Waals surface area contributed by atoms with Crippen molar-refractivity contribution in [2.45, 2.75) is 52.7 Å². The van der Waals surface area contributed by atoms with E-state index in [9.17, 15) is 14.4 Å². The van der Waals surface area contributed by atoms with Crippen LogP contribution in [0.1, 0.15) is 41.5 Å². The van der Waals surface area contributed by atoms with Crippen molar-refractivity contribution in [3.05, 3.63) is 24.3 Å². The molecule has 0 aliphatic carbocycles. The quantitative estimate of drug-likeness (QED) is 0.593. The molecule has 130 valence electrons. The first-order valence-electron chi connectivity index (χ1n) is 7.37. The van der Waals surface area contributed by atoms with Crippen LogP contribution < -0.4 is 4.90 Å². The molecule has 0 aromatic heterocycles. The molecule has 7 heteroatoms. The molecule has 0 heterocycles. The minimum Gasteiger partial charge on any atom is -0.443 e. The summed E-state index contributed by atoms with van der Waals surface area (Å²) < 4.78 is 10.5. The molecule has 24 heavy (non-hydrogen) atoms. The Morgan fingerprint density at radius 1 is 0.917 bits per heavy atom. The number of benzene rings is 1. The second kappa shape index (κ2) is 7.27. The molecule has 0 saturated carbocycles. The summed E-state index contributed by atoms with van der Waals surface area (Å²) >= 11 is 0. The number of carbonyl (C=O) groups is 2. The first-order valence-corrected chi connectivity index (χ1v) is 7.37. The SMILES string of the molecule is CC(C)(C)OC(=O)N(C(=O)OC(C)(C)C)c1ccc(N=C=O)cc1. The maximum atomic E-state index is 12.4. The number of hydrogen-bond donors (Lipinski definition) is 0. The Labute approximate surface area is 141 Å². The minimum absolute atomic E-state index is 0.239. The van der Waals surface area contributed by atoms with E-state index < -0.39 is 23.4 Å². The van der Waals surface area contributed by atoms with E-state index in [-0.39, 0.29) is 5.69 Å². The van der Waals surface area contributed by atoms with Crippen LogP contribution in [-0.2, 0) is 14.3 Å². The molecule has 0 unspecified atom stereocenters. The summed E-state index contributed by atoms with van der Waals surface area (Å²) in [4.78, 5) is 39.4. The van der Waals surface area contributed by atoms with Crippen LogP contribution >= 0.6 is 0 Å². The van der Waals surface area contributed by atoms with Gasteiger partial charge in [-0.1, -0.05) is 0 Å². The van der Waals surface area contributed by atoms with Crippen LogP contribution in [0.15, 0.2) is 29.3 Å². The van der Waals surface area contributed by atoms with Gasteiger partial charge in [0.2, 0.25) is 6.08 Å². The van der Waals surface area contributed by atoms with Crippen molar-refractivity contribution >= 4 is 29.6 Å². The number of isocyanates is 1. The Balaban J connectivity index is 3.19. The van der Waals surface area contributed by atoms with Gasteiger partial charge in [-0.2, -0.15) is 9.89 Å². The molecule has 0 atom stereocenters. The van der Waals surface area contributed by atoms with Gasteiger partial charge in [-0.15, -0.1) is 0 Å². The van der Waals surface area contributed by atoms with E-state index in [1.807, 2.05) is 0 Å². The highest BCUT2D eigenvalue weighted by molar-refractivity contribution is 6.09. The smallest absolute Gasteiger partial charge is 0.424 e. The monoisotopic (exact) mass is 334 g/mol. The predicted octanol–water partition coefficient (Wildman–Crippen LogP) is 4.33. The predicted molar refractivity (Wildman–Crippen MR) is 89.2 cm³/mol. The number of nitrogens with zero attached hydrogens (tertiary/aromatic N) is 2. The Kier molecular flexibility index (Phi) is 5.88. The average Bonchev–Trinajstić information content (AvgIpc) is 2.37. The third kappa shape index (κ3) is 6.22. The van der Waals surface area contributed by atoms with E-state index in [1.54, 1.807) is 41.5 Å². The molecule has 0 aliphatic rings. The first kappa shape index (κ1) is 19.4. The molecule has 1 aromatic carbocycles. The average molecular weight is 334 g/mol. The van der Waals surface area contributed by atoms with Gasteiger partial charge in [0.1, 0.15) is 11.2 Å². The number of ether oxygens (including phenoxy) is 2. The molecule has 7 nitrogen and oxygen atoms in total. The van der Waals surface area contributed by atoms with Crippen LogP contribution in [0.2, 0.25) is 0 Å². The third-order valence-corrected chi connectivity index (χ3v) is 2.43. The maximum absolute atomic E-state index is 12.4. The van der Waals surface area contributed by atoms with Gasteiger partial charge >= 0.3 is 12.2 Å². The number of aliphatic imine (C=N–C) groups is 1. The lowest BCUT2D eigenvalue weighted by atomic mass is 10.2. The zero-order valence-corrected chi connectivity index (χ0v) is 14.7. The number of amides is 2. The van der Waals surface area contributed by atoms with Gasteiger partial charge in [-0.25, -0.2) is 14.4 Å². The zero-order chi connectivity index (χ0) is 18.5. The molecule has 1 rings (SSSR count). The van der Waals surface area contributed by atoms with E-state index in [2.05, 4.69) is 4.99 Å². The zero-order valence-electron chi connectivity index (χ0n) is 14.7. The topological polar surface area (TPSA) is 85.3 Å². The van der Waals surface area contributed by atoms with Crippen LogP contribution in [0.4, 0.5) is 21.0 Å². The van der Waals surface area contributed by atoms with Gasteiger partial charge < -0.3 is 9.47 Å². The summed E-state index contributed by atoms with van der Waals surface area (Å²) in [5.41, 5.74) is -0.969. The van der Waals surface area contributed by atoms with Crippen molar-refractivity contribution in [1.29, 1.82) is 0 Å². The van der Waals surface area contributed by atoms with Crippen LogP contribution in [0, 0.1) is 0 Å². The fourth-order valence-electron chi connectivity index (χ4n) is 1.63. The number of carbonyl (C=O) groups excluding carboxylic acids is 3. The van der Waals surface area contributed by atoms with Gasteiger partial charge in [0.05, 0.1) is 11.4 Å². The van der Waals surface area contributed by atoms with Crippen LogP contribution in [0.5, 0.6) is 0 Å². The van der Waals surface area contributed by atoms with E-state index in [0.717, 1.165) is 4.90 Å². The molecule has 2 amide bonds. The van der Waals surface area contributed by atoms with Gasteiger partial charge in [-0.05, 0) is 65.8 Å². The Morgan fingerprint density at radius 2 is 1.33 bits per heavy atom. The highest BCUT2D eigenvalue weighted by Gasteiger charge is 2.32. The normalized spacial score (nSPS) is 11.2. The standard InChI is InChI=1S/C17H22N2O5/c1-16(2,3)23-14(21)19(15(22)24-17(4,5)6)13-9-7-12(8-10-13)18-11-20/h7-10H,1-6H3. The fourth-order valence-corrected chi connectivity index (χ4v) is 1.63. The first-order chi connectivity index (χ1) is 10.9. The Hall–Kier alpha value is -2.66. The van der Waals surface area contributed by atoms with Crippen molar-refractivity contribution in [3.63, 3.8) is 0 Å². The van der Waals surface area contributed by atoms with Crippen LogP contribution in [0.25, 0.3) is 0 Å². The molecular formula is C17H22N2O5. The van der Waals surface area contributed by atoms with E-state index in [4.69, 9.17) is 9.47 Å². The number of imide groups is 1. The summed E-state index contributed by atoms with van der Waals surface area (Å²) in [5.74, 6) is 0. The molecule has 0 N–H and O–H groups in total. The Bertz CT molecular complexity index is 619. The molecule has 0 radical (unpaired) electrons. The third-order valence-electron chi connectivity index (χ3n) is 2.43. The Morgan fingerprint density at radius 3 is 1.67 bits per heavy atom.